The smallest absolute Gasteiger partial charge is 0.198 e. The summed E-state index contributed by atoms with van der Waals surface area (Å²) in [7, 11) is 1.41. The molecule has 11 heteroatoms. The number of nitrogens with zero attached hydrogens (tertiary/aromatic N) is 1. The van der Waals surface area contributed by atoms with E-state index >= 15 is 0 Å². The molecule has 1 aliphatic heterocycles. The Hall–Kier alpha value is -4.03. The summed E-state index contributed by atoms with van der Waals surface area (Å²) in [4.78, 5) is 26.3. The number of aliphatic hydroxyl groups excluding tert-OH is 1. The van der Waals surface area contributed by atoms with Gasteiger partial charge in [-0.2, -0.15) is 0 Å². The number of benzene rings is 2. The number of hydrogen-bond acceptors (Lipinski definition) is 10. The maximum Gasteiger partial charge on any atom is 0.198 e. The van der Waals surface area contributed by atoms with Crippen LogP contribution < -0.4 is 4.74 Å². The zero-order valence-electron chi connectivity index (χ0n) is 23.3. The number of hydrogen-bond donors (Lipinski definition) is 5. The Bertz CT molecular complexity index is 1610. The molecular formula is C31H32N2O9. The summed E-state index contributed by atoms with van der Waals surface area (Å²) in [5.41, 5.74) is -2.33. The van der Waals surface area contributed by atoms with Gasteiger partial charge in [0, 0.05) is 48.3 Å². The van der Waals surface area contributed by atoms with Crippen LogP contribution in [0.15, 0.2) is 42.7 Å². The molecule has 0 amide bonds. The number of aromatic nitrogens is 1. The predicted molar refractivity (Wildman–Crippen MR) is 148 cm³/mol. The van der Waals surface area contributed by atoms with Crippen LogP contribution in [-0.2, 0) is 20.7 Å². The fourth-order valence-electron chi connectivity index (χ4n) is 6.51. The number of aliphatic hydroxyl groups is 2. The second-order valence-electron chi connectivity index (χ2n) is 11.2. The van der Waals surface area contributed by atoms with Crippen LogP contribution in [0.5, 0.6) is 17.2 Å². The van der Waals surface area contributed by atoms with Crippen LogP contribution in [0.4, 0.5) is 0 Å². The van der Waals surface area contributed by atoms with Gasteiger partial charge in [0.05, 0.1) is 47.8 Å². The molecule has 2 aromatic carbocycles. The van der Waals surface area contributed by atoms with Crippen molar-refractivity contribution in [2.75, 3.05) is 7.11 Å². The fourth-order valence-corrected chi connectivity index (χ4v) is 6.51. The van der Waals surface area contributed by atoms with E-state index in [0.29, 0.717) is 0 Å². The molecule has 5 N–H and O–H groups in total. The lowest BCUT2D eigenvalue weighted by atomic mass is 9.72. The van der Waals surface area contributed by atoms with E-state index in [9.17, 15) is 30.0 Å². The first-order valence-electron chi connectivity index (χ1n) is 13.7. The van der Waals surface area contributed by atoms with Crippen LogP contribution in [-0.4, -0.2) is 73.5 Å². The number of rotatable bonds is 5. The molecule has 1 aromatic heterocycles. The second-order valence-corrected chi connectivity index (χ2v) is 11.2. The van der Waals surface area contributed by atoms with Gasteiger partial charge in [-0.1, -0.05) is 12.1 Å². The lowest BCUT2D eigenvalue weighted by Crippen LogP contribution is -2.48. The van der Waals surface area contributed by atoms with Gasteiger partial charge in [0.25, 0.3) is 0 Å². The van der Waals surface area contributed by atoms with Gasteiger partial charge in [-0.05, 0) is 32.0 Å². The van der Waals surface area contributed by atoms with E-state index in [-0.39, 0.29) is 64.1 Å². The number of Topliss-reactive ketones (excluding diaryl/α,β-unsaturated/α-hetero) is 1. The standard InChI is InChI=1S/C31H32N2O9/c1-14-27(35)18(33-9-4-5-10-33)11-21(41-14)42-20-13-31(39,15(2)34)12-17-23(20)30(38)24-25(29(17)37)28(36)16-7-6-8-19(40-3)22(16)26(24)32/h4-10,14,18,20-21,27,32,35,37-39H,11-13H2,1-3H3/t14?,18?,20-,21?,27?,31-/m0/s1. The highest BCUT2D eigenvalue weighted by Gasteiger charge is 2.49. The third-order valence-electron chi connectivity index (χ3n) is 8.78. The summed E-state index contributed by atoms with van der Waals surface area (Å²) in [6.07, 6.45) is -0.365. The molecule has 6 atom stereocenters. The number of ketones is 2. The van der Waals surface area contributed by atoms with Crippen LogP contribution >= 0.6 is 0 Å². The summed E-state index contributed by atoms with van der Waals surface area (Å²) in [5, 5.41) is 54.4. The number of phenolic OH excluding ortho intramolecular Hbond substituents is 2. The summed E-state index contributed by atoms with van der Waals surface area (Å²) >= 11 is 0. The first-order chi connectivity index (χ1) is 20.0. The summed E-state index contributed by atoms with van der Waals surface area (Å²) in [6, 6.07) is 7.95. The van der Waals surface area contributed by atoms with Crippen LogP contribution in [0, 0.1) is 5.41 Å². The zero-order chi connectivity index (χ0) is 30.1. The molecule has 3 aromatic rings. The second kappa shape index (κ2) is 10.1. The number of fused-ring (bicyclic) bond motifs is 3. The lowest BCUT2D eigenvalue weighted by molar-refractivity contribution is -0.254. The summed E-state index contributed by atoms with van der Waals surface area (Å²) in [6.45, 7) is 2.92. The molecule has 0 radical (unpaired) electrons. The largest absolute Gasteiger partial charge is 0.507 e. The van der Waals surface area contributed by atoms with E-state index in [4.69, 9.17) is 19.6 Å². The maximum atomic E-state index is 13.7. The average Bonchev–Trinajstić information content (AvgIpc) is 3.49. The topological polar surface area (TPSA) is 172 Å². The third-order valence-corrected chi connectivity index (χ3v) is 8.78. The van der Waals surface area contributed by atoms with Crippen LogP contribution in [0.1, 0.15) is 77.0 Å². The Balaban J connectivity index is 1.47. The molecule has 0 spiro atoms. The summed E-state index contributed by atoms with van der Waals surface area (Å²) < 4.78 is 19.5. The monoisotopic (exact) mass is 576 g/mol. The van der Waals surface area contributed by atoms with E-state index in [1.807, 2.05) is 29.1 Å². The van der Waals surface area contributed by atoms with Gasteiger partial charge in [0.2, 0.25) is 0 Å². The normalized spacial score (nSPS) is 28.5. The Labute approximate surface area is 241 Å². The van der Waals surface area contributed by atoms with Crippen molar-refractivity contribution in [3.05, 3.63) is 76.1 Å². The quantitative estimate of drug-likeness (QED) is 0.224. The van der Waals surface area contributed by atoms with Crippen molar-refractivity contribution < 1.29 is 44.2 Å². The number of carbonyl (C=O) groups is 2. The number of aromatic hydroxyl groups is 2. The highest BCUT2D eigenvalue weighted by molar-refractivity contribution is 6.32. The van der Waals surface area contributed by atoms with Crippen LogP contribution in [0.2, 0.25) is 0 Å². The van der Waals surface area contributed by atoms with Gasteiger partial charge < -0.3 is 39.2 Å². The molecule has 220 valence electrons. The number of nitrogens with one attached hydrogen (secondary N) is 1. The maximum absolute atomic E-state index is 13.7. The van der Waals surface area contributed by atoms with Crippen molar-refractivity contribution >= 4 is 17.3 Å². The van der Waals surface area contributed by atoms with Gasteiger partial charge in [-0.25, -0.2) is 0 Å². The van der Waals surface area contributed by atoms with Gasteiger partial charge in [-0.15, -0.1) is 0 Å². The van der Waals surface area contributed by atoms with Crippen molar-refractivity contribution in [2.24, 2.45) is 0 Å². The SMILES string of the molecule is COc1cccc2c1C(=N)c1c(O)c3c(c(O)c1C2=O)C[C@@](O)(C(C)=O)C[C@@H]3OC1CC(n2cccc2)C(O)C(C)O1. The fraction of sp³-hybridized carbons (Fsp3) is 0.387. The van der Waals surface area contributed by atoms with E-state index in [0.717, 1.165) is 0 Å². The van der Waals surface area contributed by atoms with Gasteiger partial charge in [-0.3, -0.25) is 15.0 Å². The minimum Gasteiger partial charge on any atom is -0.507 e. The molecule has 1 saturated heterocycles. The molecular weight excluding hydrogens is 544 g/mol. The minimum atomic E-state index is -1.97. The first kappa shape index (κ1) is 28.1. The Kier molecular flexibility index (Phi) is 6.73. The van der Waals surface area contributed by atoms with E-state index < -0.39 is 59.3 Å². The van der Waals surface area contributed by atoms with Crippen molar-refractivity contribution in [2.45, 2.75) is 69.4 Å². The van der Waals surface area contributed by atoms with Gasteiger partial charge >= 0.3 is 0 Å². The van der Waals surface area contributed by atoms with Gasteiger partial charge in [0.15, 0.2) is 17.9 Å². The zero-order valence-corrected chi connectivity index (χ0v) is 23.3. The molecule has 6 rings (SSSR count). The van der Waals surface area contributed by atoms with Crippen LogP contribution in [0.3, 0.4) is 0 Å². The molecule has 0 saturated carbocycles. The molecule has 11 nitrogen and oxygen atoms in total. The Morgan fingerprint density at radius 2 is 1.83 bits per heavy atom. The number of phenols is 2. The highest BCUT2D eigenvalue weighted by atomic mass is 16.7. The minimum absolute atomic E-state index is 0.0152. The number of carbonyl (C=O) groups excluding carboxylic acids is 2. The Morgan fingerprint density at radius 3 is 2.50 bits per heavy atom. The molecule has 2 aliphatic carbocycles. The van der Waals surface area contributed by atoms with E-state index in [2.05, 4.69) is 0 Å². The lowest BCUT2D eigenvalue weighted by Gasteiger charge is -2.43. The number of ether oxygens (including phenoxy) is 3. The molecule has 1 fully saturated rings. The number of methoxy groups -OCH3 is 1. The Morgan fingerprint density at radius 1 is 1.12 bits per heavy atom. The van der Waals surface area contributed by atoms with Crippen molar-refractivity contribution in [1.82, 2.24) is 4.57 Å². The van der Waals surface area contributed by atoms with Crippen molar-refractivity contribution in [3.63, 3.8) is 0 Å². The average molecular weight is 577 g/mol. The van der Waals surface area contributed by atoms with Gasteiger partial charge in [0.1, 0.15) is 29.0 Å². The molecule has 42 heavy (non-hydrogen) atoms. The third kappa shape index (κ3) is 4.15. The predicted octanol–water partition coefficient (Wildman–Crippen LogP) is 2.93. The highest BCUT2D eigenvalue weighted by Crippen LogP contribution is 2.52. The molecule has 0 bridgehead atoms. The first-order valence-corrected chi connectivity index (χ1v) is 13.7. The molecule has 4 unspecified atom stereocenters. The van der Waals surface area contributed by atoms with E-state index in [1.165, 1.54) is 20.1 Å². The summed E-state index contributed by atoms with van der Waals surface area (Å²) in [5.74, 6) is -1.95. The van der Waals surface area contributed by atoms with E-state index in [1.54, 1.807) is 19.1 Å². The van der Waals surface area contributed by atoms with Crippen LogP contribution in [0.25, 0.3) is 0 Å². The molecule has 3 aliphatic rings. The van der Waals surface area contributed by atoms with Crippen molar-refractivity contribution in [3.8, 4) is 17.2 Å². The van der Waals surface area contributed by atoms with Crippen molar-refractivity contribution in [1.29, 1.82) is 5.41 Å². The molecule has 2 heterocycles.